The van der Waals surface area contributed by atoms with Gasteiger partial charge in [-0.15, -0.1) is 11.3 Å². The fraction of sp³-hybridized carbons (Fsp3) is 0.613. The standard InChI is InChI=1S/C31H39N7O3S/c1-18(22-9-6-13-37(22)2)40-25-15-24(38-14-5-7-19(39)17-38)34-30(35-25)27-20-8-3-11-31(28(20)41-36-27)12-4-10-23-26(31)21(16-32)29(33)42-23/h15,18-19,22,39H,3-14,17,33H2,1-2H3/t18-,19-,22-,31-/m0/s1. The zero-order chi connectivity index (χ0) is 29.0. The number of rotatable bonds is 5. The number of nitriles is 1. The van der Waals surface area contributed by atoms with E-state index in [1.54, 1.807) is 11.3 Å². The van der Waals surface area contributed by atoms with Gasteiger partial charge >= 0.3 is 0 Å². The van der Waals surface area contributed by atoms with E-state index in [4.69, 9.17) is 25.0 Å². The third kappa shape index (κ3) is 4.55. The van der Waals surface area contributed by atoms with Crippen LogP contribution in [0.1, 0.15) is 85.6 Å². The molecule has 4 atom stereocenters. The molecule has 3 N–H and O–H groups in total. The Morgan fingerprint density at radius 2 is 2.00 bits per heavy atom. The van der Waals surface area contributed by atoms with Crippen molar-refractivity contribution in [1.82, 2.24) is 20.0 Å². The molecule has 0 unspecified atom stereocenters. The average Bonchev–Trinajstić information content (AvgIpc) is 3.70. The van der Waals surface area contributed by atoms with Crippen molar-refractivity contribution in [2.45, 2.75) is 94.8 Å². The molecule has 2 aliphatic heterocycles. The van der Waals surface area contributed by atoms with E-state index in [1.807, 2.05) is 6.07 Å². The van der Waals surface area contributed by atoms with Gasteiger partial charge in [-0.25, -0.2) is 4.98 Å². The lowest BCUT2D eigenvalue weighted by atomic mass is 9.63. The zero-order valence-corrected chi connectivity index (χ0v) is 25.3. The Hall–Kier alpha value is -3.20. The van der Waals surface area contributed by atoms with E-state index in [9.17, 15) is 10.4 Å². The van der Waals surface area contributed by atoms with Crippen molar-refractivity contribution in [2.75, 3.05) is 37.3 Å². The molecule has 5 heterocycles. The molecular weight excluding hydrogens is 550 g/mol. The van der Waals surface area contributed by atoms with Gasteiger partial charge in [-0.2, -0.15) is 10.2 Å². The zero-order valence-electron chi connectivity index (χ0n) is 24.4. The molecule has 0 saturated carbocycles. The molecule has 7 rings (SSSR count). The number of thiophene rings is 1. The highest BCUT2D eigenvalue weighted by Gasteiger charge is 2.49. The fourth-order valence-corrected chi connectivity index (χ4v) is 9.08. The number of aliphatic hydroxyl groups excluding tert-OH is 1. The Morgan fingerprint density at radius 3 is 2.76 bits per heavy atom. The van der Waals surface area contributed by atoms with Gasteiger partial charge in [-0.3, -0.25) is 4.90 Å². The number of hydrogen-bond acceptors (Lipinski definition) is 11. The number of anilines is 2. The Labute approximate surface area is 250 Å². The molecule has 0 radical (unpaired) electrons. The fourth-order valence-electron chi connectivity index (χ4n) is 7.92. The summed E-state index contributed by atoms with van der Waals surface area (Å²) >= 11 is 1.55. The summed E-state index contributed by atoms with van der Waals surface area (Å²) in [5, 5.41) is 25.7. The molecule has 11 heteroatoms. The van der Waals surface area contributed by atoms with Crippen LogP contribution in [0, 0.1) is 11.3 Å². The third-order valence-corrected chi connectivity index (χ3v) is 11.0. The number of β-amino-alcohol motifs (C(OH)–C–C–N with tert-alkyl or cyclic N) is 1. The molecule has 42 heavy (non-hydrogen) atoms. The van der Waals surface area contributed by atoms with Gasteiger partial charge in [0.1, 0.15) is 23.0 Å². The first-order valence-corrected chi connectivity index (χ1v) is 16.2. The summed E-state index contributed by atoms with van der Waals surface area (Å²) in [7, 11) is 2.15. The minimum absolute atomic E-state index is 0.0383. The van der Waals surface area contributed by atoms with Gasteiger partial charge in [0.25, 0.3) is 0 Å². The molecule has 222 valence electrons. The van der Waals surface area contributed by atoms with Crippen LogP contribution in [0.5, 0.6) is 5.88 Å². The summed E-state index contributed by atoms with van der Waals surface area (Å²) in [4.78, 5) is 15.6. The van der Waals surface area contributed by atoms with Gasteiger partial charge in [-0.1, -0.05) is 5.16 Å². The lowest BCUT2D eigenvalue weighted by molar-refractivity contribution is 0.117. The molecule has 3 aromatic rings. The second-order valence-electron chi connectivity index (χ2n) is 12.5. The Morgan fingerprint density at radius 1 is 1.19 bits per heavy atom. The average molecular weight is 590 g/mol. The monoisotopic (exact) mass is 589 g/mol. The molecule has 2 fully saturated rings. The summed E-state index contributed by atoms with van der Waals surface area (Å²) in [5.41, 5.74) is 9.26. The van der Waals surface area contributed by atoms with E-state index in [0.29, 0.717) is 40.5 Å². The van der Waals surface area contributed by atoms with Gasteiger partial charge in [0.05, 0.1) is 17.1 Å². The summed E-state index contributed by atoms with van der Waals surface area (Å²) < 4.78 is 12.8. The molecule has 2 saturated heterocycles. The molecule has 0 bridgehead atoms. The van der Waals surface area contributed by atoms with Gasteiger partial charge in [0, 0.05) is 35.6 Å². The first-order chi connectivity index (χ1) is 20.4. The number of ether oxygens (including phenoxy) is 1. The van der Waals surface area contributed by atoms with Crippen LogP contribution in [0.3, 0.4) is 0 Å². The van der Waals surface area contributed by atoms with E-state index in [1.165, 1.54) is 11.3 Å². The predicted octanol–water partition coefficient (Wildman–Crippen LogP) is 4.43. The minimum Gasteiger partial charge on any atom is -0.473 e. The van der Waals surface area contributed by atoms with Crippen molar-refractivity contribution in [3.05, 3.63) is 33.4 Å². The van der Waals surface area contributed by atoms with Crippen molar-refractivity contribution >= 4 is 22.2 Å². The third-order valence-electron chi connectivity index (χ3n) is 9.91. The molecule has 0 aromatic carbocycles. The molecular formula is C31H39N7O3S. The lowest BCUT2D eigenvalue weighted by Gasteiger charge is -2.39. The normalized spacial score (nSPS) is 26.6. The van der Waals surface area contributed by atoms with Crippen molar-refractivity contribution < 1.29 is 14.4 Å². The van der Waals surface area contributed by atoms with Crippen LogP contribution in [0.25, 0.3) is 11.5 Å². The summed E-state index contributed by atoms with van der Waals surface area (Å²) in [6, 6.07) is 4.63. The highest BCUT2D eigenvalue weighted by molar-refractivity contribution is 7.16. The molecule has 2 aliphatic carbocycles. The summed E-state index contributed by atoms with van der Waals surface area (Å²) in [6.07, 6.45) is 9.04. The van der Waals surface area contributed by atoms with Crippen molar-refractivity contribution in [3.8, 4) is 23.5 Å². The second kappa shape index (κ2) is 10.8. The Balaban J connectivity index is 1.31. The number of piperidine rings is 1. The number of hydrogen-bond donors (Lipinski definition) is 2. The maximum Gasteiger partial charge on any atom is 0.219 e. The van der Waals surface area contributed by atoms with Crippen molar-refractivity contribution in [3.63, 3.8) is 0 Å². The van der Waals surface area contributed by atoms with Gasteiger partial charge in [0.2, 0.25) is 5.88 Å². The van der Waals surface area contributed by atoms with Gasteiger partial charge < -0.3 is 25.0 Å². The molecule has 3 aromatic heterocycles. The Kier molecular flexibility index (Phi) is 7.11. The number of nitrogen functional groups attached to an aromatic ring is 1. The number of aliphatic hydroxyl groups is 1. The van der Waals surface area contributed by atoms with E-state index >= 15 is 0 Å². The van der Waals surface area contributed by atoms with Gasteiger partial charge in [0.15, 0.2) is 17.3 Å². The Bertz CT molecular complexity index is 1530. The van der Waals surface area contributed by atoms with Crippen LogP contribution in [-0.4, -0.2) is 70.1 Å². The summed E-state index contributed by atoms with van der Waals surface area (Å²) in [6.45, 7) is 4.52. The number of nitrogens with zero attached hydrogens (tertiary/aromatic N) is 6. The number of fused-ring (bicyclic) bond motifs is 4. The highest BCUT2D eigenvalue weighted by atomic mass is 32.1. The summed E-state index contributed by atoms with van der Waals surface area (Å²) in [5.74, 6) is 2.57. The van der Waals surface area contributed by atoms with Crippen LogP contribution in [0.2, 0.25) is 0 Å². The maximum absolute atomic E-state index is 10.4. The molecule has 0 amide bonds. The van der Waals surface area contributed by atoms with Crippen LogP contribution >= 0.6 is 11.3 Å². The maximum atomic E-state index is 10.4. The predicted molar refractivity (Wildman–Crippen MR) is 161 cm³/mol. The van der Waals surface area contributed by atoms with Crippen LogP contribution < -0.4 is 15.4 Å². The number of likely N-dealkylation sites (N-methyl/N-ethyl adjacent to an activating group) is 1. The van der Waals surface area contributed by atoms with E-state index < -0.39 is 5.41 Å². The first kappa shape index (κ1) is 27.6. The SMILES string of the molecule is C[C@H](Oc1cc(N2CCC[C@H](O)C2)nc(-c2noc3c2CCC[C@@]32CCCc3sc(N)c(C#N)c32)n1)[C@@H]1CCCN1C. The topological polar surface area (TPSA) is 138 Å². The van der Waals surface area contributed by atoms with E-state index in [0.717, 1.165) is 93.6 Å². The van der Waals surface area contributed by atoms with Crippen LogP contribution in [0.15, 0.2) is 10.6 Å². The highest BCUT2D eigenvalue weighted by Crippen LogP contribution is 2.55. The van der Waals surface area contributed by atoms with Crippen molar-refractivity contribution in [1.29, 1.82) is 5.26 Å². The molecule has 10 nitrogen and oxygen atoms in total. The largest absolute Gasteiger partial charge is 0.473 e. The number of likely N-dealkylation sites (tertiary alicyclic amines) is 1. The van der Waals surface area contributed by atoms with Crippen molar-refractivity contribution in [2.24, 2.45) is 0 Å². The molecule has 4 aliphatic rings. The quantitative estimate of drug-likeness (QED) is 0.440. The smallest absolute Gasteiger partial charge is 0.219 e. The second-order valence-corrected chi connectivity index (χ2v) is 13.7. The molecule has 1 spiro atoms. The van der Waals surface area contributed by atoms with Gasteiger partial charge in [-0.05, 0) is 90.3 Å². The number of nitrogens with two attached hydrogens (primary N) is 1. The van der Waals surface area contributed by atoms with Crippen LogP contribution in [-0.2, 0) is 18.3 Å². The van der Waals surface area contributed by atoms with E-state index in [2.05, 4.69) is 35.0 Å². The first-order valence-electron chi connectivity index (χ1n) is 15.4. The van der Waals surface area contributed by atoms with E-state index in [-0.39, 0.29) is 12.2 Å². The van der Waals surface area contributed by atoms with Crippen LogP contribution in [0.4, 0.5) is 10.8 Å². The number of aryl methyl sites for hydroxylation is 1. The lowest BCUT2D eigenvalue weighted by Crippen LogP contribution is -2.39. The minimum atomic E-state index is -0.402. The number of aromatic nitrogens is 3.